The van der Waals surface area contributed by atoms with Crippen molar-refractivity contribution in [3.8, 4) is 0 Å². The summed E-state index contributed by atoms with van der Waals surface area (Å²) in [6.07, 6.45) is 0.815. The summed E-state index contributed by atoms with van der Waals surface area (Å²) in [4.78, 5) is 17.9. The number of rotatable bonds is 4. The van der Waals surface area contributed by atoms with Crippen LogP contribution >= 0.6 is 11.8 Å². The summed E-state index contributed by atoms with van der Waals surface area (Å²) in [6, 6.07) is 8.99. The third-order valence-electron chi connectivity index (χ3n) is 2.41. The van der Waals surface area contributed by atoms with E-state index in [0.29, 0.717) is 5.16 Å². The lowest BCUT2D eigenvalue weighted by Gasteiger charge is -2.04. The minimum Gasteiger partial charge on any atom is -0.399 e. The summed E-state index contributed by atoms with van der Waals surface area (Å²) in [7, 11) is 0. The van der Waals surface area contributed by atoms with E-state index in [9.17, 15) is 4.79 Å². The van der Waals surface area contributed by atoms with Gasteiger partial charge in [0.2, 0.25) is 0 Å². The molecule has 0 aliphatic rings. The smallest absolute Gasteiger partial charge is 0.253 e. The number of hydrogen-bond donors (Lipinski definition) is 3. The van der Waals surface area contributed by atoms with Gasteiger partial charge in [0.1, 0.15) is 5.82 Å². The summed E-state index contributed by atoms with van der Waals surface area (Å²) in [5, 5.41) is 0.537. The van der Waals surface area contributed by atoms with E-state index < -0.39 is 0 Å². The number of aryl methyl sites for hydroxylation is 1. The van der Waals surface area contributed by atoms with Crippen molar-refractivity contribution in [1.82, 2.24) is 9.97 Å². The molecule has 1 aromatic heterocycles. The van der Waals surface area contributed by atoms with E-state index in [-0.39, 0.29) is 11.4 Å². The van der Waals surface area contributed by atoms with Crippen molar-refractivity contribution in [3.63, 3.8) is 0 Å². The van der Waals surface area contributed by atoms with Crippen LogP contribution in [-0.2, 0) is 6.42 Å². The van der Waals surface area contributed by atoms with Gasteiger partial charge in [-0.15, -0.1) is 0 Å². The standard InChI is InChI=1S/C12H14N4OS/c13-9-4-2-1-3-8(9)5-6-18-12-15-10(14)7-11(17)16-12/h1-4,7H,5-6,13H2,(H3,14,15,16,17). The zero-order chi connectivity index (χ0) is 13.0. The fourth-order valence-electron chi connectivity index (χ4n) is 1.54. The minimum absolute atomic E-state index is 0.232. The molecule has 2 aromatic rings. The Labute approximate surface area is 109 Å². The third kappa shape index (κ3) is 3.27. The number of aromatic amines is 1. The van der Waals surface area contributed by atoms with Crippen molar-refractivity contribution < 1.29 is 0 Å². The van der Waals surface area contributed by atoms with Crippen LogP contribution in [-0.4, -0.2) is 15.7 Å². The Hall–Kier alpha value is -1.95. The Balaban J connectivity index is 1.96. The maximum Gasteiger partial charge on any atom is 0.253 e. The highest BCUT2D eigenvalue weighted by atomic mass is 32.2. The molecule has 1 aromatic carbocycles. The molecule has 0 bridgehead atoms. The molecule has 1 heterocycles. The van der Waals surface area contributed by atoms with Gasteiger partial charge in [-0.25, -0.2) is 4.98 Å². The summed E-state index contributed by atoms with van der Waals surface area (Å²) in [5.41, 5.74) is 13.0. The van der Waals surface area contributed by atoms with E-state index in [1.807, 2.05) is 24.3 Å². The molecule has 0 fully saturated rings. The quantitative estimate of drug-likeness (QED) is 0.438. The van der Waals surface area contributed by atoms with Crippen LogP contribution in [0.5, 0.6) is 0 Å². The van der Waals surface area contributed by atoms with Gasteiger partial charge in [-0.3, -0.25) is 4.79 Å². The minimum atomic E-state index is -0.232. The lowest BCUT2D eigenvalue weighted by atomic mass is 10.1. The number of nitrogen functional groups attached to an aromatic ring is 2. The predicted molar refractivity (Wildman–Crippen MR) is 74.6 cm³/mol. The van der Waals surface area contributed by atoms with Crippen LogP contribution < -0.4 is 17.0 Å². The first-order valence-electron chi connectivity index (χ1n) is 5.48. The van der Waals surface area contributed by atoms with Crippen LogP contribution in [0.4, 0.5) is 11.5 Å². The van der Waals surface area contributed by atoms with E-state index in [1.165, 1.54) is 17.8 Å². The number of nitrogens with zero attached hydrogens (tertiary/aromatic N) is 1. The van der Waals surface area contributed by atoms with Gasteiger partial charge in [0.25, 0.3) is 5.56 Å². The van der Waals surface area contributed by atoms with Gasteiger partial charge in [0, 0.05) is 17.5 Å². The topological polar surface area (TPSA) is 97.8 Å². The van der Waals surface area contributed by atoms with Crippen molar-refractivity contribution in [1.29, 1.82) is 0 Å². The molecule has 0 radical (unpaired) electrons. The van der Waals surface area contributed by atoms with Crippen molar-refractivity contribution in [2.45, 2.75) is 11.6 Å². The predicted octanol–water partition coefficient (Wildman–Crippen LogP) is 1.27. The largest absolute Gasteiger partial charge is 0.399 e. The normalized spacial score (nSPS) is 10.4. The number of nitrogens with one attached hydrogen (secondary N) is 1. The maximum atomic E-state index is 11.2. The molecule has 0 unspecified atom stereocenters. The number of benzene rings is 1. The SMILES string of the molecule is Nc1cc(=O)[nH]c(SCCc2ccccc2N)n1. The van der Waals surface area contributed by atoms with Gasteiger partial charge < -0.3 is 16.5 Å². The second-order valence-corrected chi connectivity index (χ2v) is 4.86. The number of hydrogen-bond acceptors (Lipinski definition) is 5. The maximum absolute atomic E-state index is 11.2. The van der Waals surface area contributed by atoms with Gasteiger partial charge >= 0.3 is 0 Å². The Bertz CT molecular complexity index is 597. The average Bonchev–Trinajstić information content (AvgIpc) is 2.30. The van der Waals surface area contributed by atoms with Crippen LogP contribution in [0.1, 0.15) is 5.56 Å². The molecule has 94 valence electrons. The molecule has 2 rings (SSSR count). The molecule has 0 amide bonds. The first-order valence-corrected chi connectivity index (χ1v) is 6.47. The zero-order valence-corrected chi connectivity index (χ0v) is 10.5. The molecule has 0 saturated carbocycles. The van der Waals surface area contributed by atoms with Gasteiger partial charge in [-0.1, -0.05) is 30.0 Å². The second-order valence-electron chi connectivity index (χ2n) is 3.77. The van der Waals surface area contributed by atoms with Gasteiger partial charge in [-0.05, 0) is 18.1 Å². The van der Waals surface area contributed by atoms with Crippen LogP contribution in [0.3, 0.4) is 0 Å². The fraction of sp³-hybridized carbons (Fsp3) is 0.167. The van der Waals surface area contributed by atoms with Crippen molar-refractivity contribution in [3.05, 3.63) is 46.2 Å². The molecule has 0 atom stereocenters. The third-order valence-corrected chi connectivity index (χ3v) is 3.28. The second kappa shape index (κ2) is 5.59. The molecule has 18 heavy (non-hydrogen) atoms. The highest BCUT2D eigenvalue weighted by molar-refractivity contribution is 7.99. The summed E-state index contributed by atoms with van der Waals surface area (Å²) in [6.45, 7) is 0. The lowest BCUT2D eigenvalue weighted by molar-refractivity contribution is 0.943. The number of H-pyrrole nitrogens is 1. The highest BCUT2D eigenvalue weighted by Crippen LogP contribution is 2.17. The fourth-order valence-corrected chi connectivity index (χ4v) is 2.40. The number of thioether (sulfide) groups is 1. The molecule has 0 spiro atoms. The molecule has 0 aliphatic heterocycles. The van der Waals surface area contributed by atoms with E-state index in [0.717, 1.165) is 23.4 Å². The Morgan fingerprint density at radius 1 is 1.28 bits per heavy atom. The Morgan fingerprint density at radius 2 is 2.06 bits per heavy atom. The summed E-state index contributed by atoms with van der Waals surface area (Å²) >= 11 is 1.45. The number of para-hydroxylation sites is 1. The van der Waals surface area contributed by atoms with Crippen LogP contribution in [0.2, 0.25) is 0 Å². The average molecular weight is 262 g/mol. The van der Waals surface area contributed by atoms with E-state index >= 15 is 0 Å². The Morgan fingerprint density at radius 3 is 2.78 bits per heavy atom. The van der Waals surface area contributed by atoms with E-state index in [2.05, 4.69) is 9.97 Å². The Kier molecular flexibility index (Phi) is 3.88. The van der Waals surface area contributed by atoms with Gasteiger partial charge in [0.15, 0.2) is 5.16 Å². The van der Waals surface area contributed by atoms with Crippen LogP contribution in [0, 0.1) is 0 Å². The summed E-state index contributed by atoms with van der Waals surface area (Å²) in [5.74, 6) is 1.01. The van der Waals surface area contributed by atoms with Crippen LogP contribution in [0.15, 0.2) is 40.3 Å². The summed E-state index contributed by atoms with van der Waals surface area (Å²) < 4.78 is 0. The molecule has 6 heteroatoms. The highest BCUT2D eigenvalue weighted by Gasteiger charge is 2.02. The van der Waals surface area contributed by atoms with Gasteiger partial charge in [-0.2, -0.15) is 0 Å². The molecule has 5 nitrogen and oxygen atoms in total. The number of anilines is 2. The monoisotopic (exact) mass is 262 g/mol. The zero-order valence-electron chi connectivity index (χ0n) is 9.72. The van der Waals surface area contributed by atoms with E-state index in [4.69, 9.17) is 11.5 Å². The lowest BCUT2D eigenvalue weighted by Crippen LogP contribution is -2.09. The first kappa shape index (κ1) is 12.5. The van der Waals surface area contributed by atoms with Crippen LogP contribution in [0.25, 0.3) is 0 Å². The van der Waals surface area contributed by atoms with Crippen molar-refractivity contribution in [2.75, 3.05) is 17.2 Å². The van der Waals surface area contributed by atoms with Crippen molar-refractivity contribution in [2.24, 2.45) is 0 Å². The van der Waals surface area contributed by atoms with Gasteiger partial charge in [0.05, 0.1) is 0 Å². The molecular weight excluding hydrogens is 248 g/mol. The molecule has 0 aliphatic carbocycles. The van der Waals surface area contributed by atoms with Crippen molar-refractivity contribution >= 4 is 23.3 Å². The molecule has 5 N–H and O–H groups in total. The molecular formula is C12H14N4OS. The first-order chi connectivity index (χ1) is 8.65. The number of nitrogens with two attached hydrogens (primary N) is 2. The molecule has 0 saturated heterocycles. The van der Waals surface area contributed by atoms with E-state index in [1.54, 1.807) is 0 Å². The number of aromatic nitrogens is 2.